The minimum Gasteiger partial charge on any atom is -0.478 e. The Labute approximate surface area is 235 Å². The van der Waals surface area contributed by atoms with Crippen LogP contribution in [0, 0.1) is 39.4 Å². The van der Waals surface area contributed by atoms with Crippen LogP contribution in [0.2, 0.25) is 0 Å². The van der Waals surface area contributed by atoms with Crippen molar-refractivity contribution in [1.82, 2.24) is 0 Å². The minimum atomic E-state index is -0.940. The number of methoxy groups -OCH3 is 1. The lowest BCUT2D eigenvalue weighted by molar-refractivity contribution is -0.151. The van der Waals surface area contributed by atoms with Crippen LogP contribution in [-0.4, -0.2) is 47.6 Å². The van der Waals surface area contributed by atoms with Crippen molar-refractivity contribution in [3.63, 3.8) is 0 Å². The molecule has 0 bridgehead atoms. The number of allylic oxidation sites excluding steroid dienone is 1. The summed E-state index contributed by atoms with van der Waals surface area (Å²) in [6.45, 7) is 17.1. The summed E-state index contributed by atoms with van der Waals surface area (Å²) in [5, 5.41) is 20.3. The van der Waals surface area contributed by atoms with Crippen LogP contribution in [0.4, 0.5) is 0 Å². The van der Waals surface area contributed by atoms with Gasteiger partial charge in [-0.25, -0.2) is 4.79 Å². The van der Waals surface area contributed by atoms with Gasteiger partial charge in [-0.05, 0) is 96.9 Å². The molecule has 2 fully saturated rings. The molecule has 0 aromatic carbocycles. The first-order valence-corrected chi connectivity index (χ1v) is 15.1. The van der Waals surface area contributed by atoms with Gasteiger partial charge in [0.05, 0.1) is 12.2 Å². The molecule has 4 aliphatic carbocycles. The summed E-state index contributed by atoms with van der Waals surface area (Å²) < 4.78 is 12.2. The molecule has 0 heterocycles. The van der Waals surface area contributed by atoms with Crippen LogP contribution >= 0.6 is 0 Å². The third kappa shape index (κ3) is 4.62. The Hall–Kier alpha value is -1.66. The van der Waals surface area contributed by atoms with Crippen LogP contribution < -0.4 is 0 Å². The Kier molecular flexibility index (Phi) is 8.01. The fraction of sp³-hybridized carbons (Fsp3) is 0.818. The van der Waals surface area contributed by atoms with Gasteiger partial charge in [0.1, 0.15) is 6.10 Å². The van der Waals surface area contributed by atoms with Gasteiger partial charge in [0, 0.05) is 26.0 Å². The number of rotatable bonds is 7. The Balaban J connectivity index is 1.73. The molecule has 4 rings (SSSR count). The quantitative estimate of drug-likeness (QED) is 0.210. The third-order valence-corrected chi connectivity index (χ3v) is 12.6. The molecule has 0 aromatic rings. The normalized spacial score (nSPS) is 41.2. The topological polar surface area (TPSA) is 93.1 Å². The number of hydrogen-bond acceptors (Lipinski definition) is 5. The van der Waals surface area contributed by atoms with E-state index in [1.807, 2.05) is 7.11 Å². The fourth-order valence-electron chi connectivity index (χ4n) is 9.93. The number of esters is 1. The van der Waals surface area contributed by atoms with Gasteiger partial charge in [-0.1, -0.05) is 53.2 Å². The number of fused-ring (bicyclic) bond motifs is 4. The van der Waals surface area contributed by atoms with E-state index in [9.17, 15) is 19.8 Å². The molecule has 0 aliphatic heterocycles. The van der Waals surface area contributed by atoms with Crippen molar-refractivity contribution >= 4 is 11.9 Å². The number of carbonyl (C=O) groups excluding carboxylic acids is 1. The Morgan fingerprint density at radius 3 is 2.33 bits per heavy atom. The average Bonchev–Trinajstić information content (AvgIpc) is 3.14. The molecule has 0 unspecified atom stereocenters. The zero-order chi connectivity index (χ0) is 29.1. The van der Waals surface area contributed by atoms with Crippen molar-refractivity contribution in [3.8, 4) is 0 Å². The van der Waals surface area contributed by atoms with Gasteiger partial charge < -0.3 is 19.7 Å². The van der Waals surface area contributed by atoms with Crippen LogP contribution in [-0.2, 0) is 19.1 Å². The first-order valence-electron chi connectivity index (χ1n) is 15.1. The lowest BCUT2D eigenvalue weighted by Crippen LogP contribution is -2.58. The maximum absolute atomic E-state index is 12.1. The van der Waals surface area contributed by atoms with Crippen LogP contribution in [0.1, 0.15) is 107 Å². The predicted molar refractivity (Wildman–Crippen MR) is 152 cm³/mol. The second-order valence-electron chi connectivity index (χ2n) is 14.5. The Morgan fingerprint density at radius 1 is 1.08 bits per heavy atom. The molecule has 6 heteroatoms. The smallest absolute Gasteiger partial charge is 0.330 e. The van der Waals surface area contributed by atoms with Crippen molar-refractivity contribution in [1.29, 1.82) is 0 Å². The molecule has 0 saturated heterocycles. The fourth-order valence-corrected chi connectivity index (χ4v) is 9.93. The number of hydrogen-bond donors (Lipinski definition) is 2. The minimum absolute atomic E-state index is 0.0128. The Morgan fingerprint density at radius 2 is 1.74 bits per heavy atom. The molecule has 2 N–H and O–H groups in total. The number of carbonyl (C=O) groups is 2. The van der Waals surface area contributed by atoms with Crippen molar-refractivity contribution < 1.29 is 29.3 Å². The molecular weight excluding hydrogens is 492 g/mol. The average molecular weight is 545 g/mol. The van der Waals surface area contributed by atoms with Crippen molar-refractivity contribution in [3.05, 3.63) is 22.8 Å². The molecule has 4 aliphatic rings. The highest BCUT2D eigenvalue weighted by Crippen LogP contribution is 2.72. The van der Waals surface area contributed by atoms with Gasteiger partial charge in [0.15, 0.2) is 0 Å². The van der Waals surface area contributed by atoms with Gasteiger partial charge in [-0.2, -0.15) is 0 Å². The maximum atomic E-state index is 12.1. The molecule has 9 atom stereocenters. The van der Waals surface area contributed by atoms with E-state index in [2.05, 4.69) is 41.5 Å². The summed E-state index contributed by atoms with van der Waals surface area (Å²) in [4.78, 5) is 23.5. The summed E-state index contributed by atoms with van der Waals surface area (Å²) in [7, 11) is 1.85. The number of aliphatic hydroxyl groups excluding tert-OH is 1. The van der Waals surface area contributed by atoms with Crippen molar-refractivity contribution in [2.75, 3.05) is 7.11 Å². The third-order valence-electron chi connectivity index (χ3n) is 12.6. The highest BCUT2D eigenvalue weighted by atomic mass is 16.5. The zero-order valence-electron chi connectivity index (χ0n) is 25.7. The van der Waals surface area contributed by atoms with Crippen molar-refractivity contribution in [2.24, 2.45) is 39.4 Å². The SMILES string of the molecule is CO[C@@H]1C[C@H]2C(C)(C)[C@H](O)CC[C@]2(C)C2=C1[C@]1(C)CC[C@H]([C@H](C)[C@H](C/C=C(\C)C(=O)O)OC(C)=O)[C@@]1(C)CC2. The van der Waals surface area contributed by atoms with E-state index in [1.165, 1.54) is 12.5 Å². The molecule has 39 heavy (non-hydrogen) atoms. The maximum Gasteiger partial charge on any atom is 0.330 e. The summed E-state index contributed by atoms with van der Waals surface area (Å²) >= 11 is 0. The monoisotopic (exact) mass is 544 g/mol. The summed E-state index contributed by atoms with van der Waals surface area (Å²) in [5.41, 5.74) is 3.29. The number of carboxylic acid groups (broad SMARTS) is 1. The molecule has 6 nitrogen and oxygen atoms in total. The van der Waals surface area contributed by atoms with Crippen LogP contribution in [0.25, 0.3) is 0 Å². The van der Waals surface area contributed by atoms with Crippen LogP contribution in [0.3, 0.4) is 0 Å². The van der Waals surface area contributed by atoms with E-state index in [4.69, 9.17) is 9.47 Å². The van der Waals surface area contributed by atoms with Crippen LogP contribution in [0.15, 0.2) is 22.8 Å². The lowest BCUT2D eigenvalue weighted by atomic mass is 9.42. The molecule has 0 aromatic heterocycles. The number of aliphatic carboxylic acids is 1. The second-order valence-corrected chi connectivity index (χ2v) is 14.5. The molecule has 0 amide bonds. The molecular formula is C33H52O6. The number of aliphatic hydroxyl groups is 1. The zero-order valence-corrected chi connectivity index (χ0v) is 25.7. The predicted octanol–water partition coefficient (Wildman–Crippen LogP) is 6.71. The molecule has 2 saturated carbocycles. The van der Waals surface area contributed by atoms with Gasteiger partial charge in [-0.15, -0.1) is 0 Å². The van der Waals surface area contributed by atoms with E-state index in [0.717, 1.165) is 44.9 Å². The van der Waals surface area contributed by atoms with Gasteiger partial charge >= 0.3 is 11.9 Å². The standard InChI is InChI=1S/C33H52O6/c1-19(29(36)37)10-11-24(39-21(3)34)20(2)22-12-17-33(8)28-23(13-16-32(22,33)7)31(6)15-14-27(35)30(4,5)26(31)18-25(28)38-9/h10,20,22,24-27,35H,11-18H2,1-9H3,(H,36,37)/b19-10+/t20-,22+,24-,25+,26-,27+,31+,32+,33-/m0/s1. The number of ether oxygens (including phenoxy) is 2. The summed E-state index contributed by atoms with van der Waals surface area (Å²) in [6, 6.07) is 0. The van der Waals surface area contributed by atoms with Gasteiger partial charge in [0.25, 0.3) is 0 Å². The first-order chi connectivity index (χ1) is 18.0. The van der Waals surface area contributed by atoms with E-state index in [0.29, 0.717) is 18.3 Å². The molecule has 0 radical (unpaired) electrons. The van der Waals surface area contributed by atoms with Crippen molar-refractivity contribution in [2.45, 2.75) is 125 Å². The second kappa shape index (κ2) is 10.3. The highest BCUT2D eigenvalue weighted by molar-refractivity contribution is 5.85. The first kappa shape index (κ1) is 30.3. The van der Waals surface area contributed by atoms with E-state index in [1.54, 1.807) is 18.6 Å². The molecule has 0 spiro atoms. The number of carboxylic acids is 1. The van der Waals surface area contributed by atoms with Crippen LogP contribution in [0.5, 0.6) is 0 Å². The summed E-state index contributed by atoms with van der Waals surface area (Å²) in [5.74, 6) is -0.450. The molecule has 220 valence electrons. The lowest BCUT2D eigenvalue weighted by Gasteiger charge is -2.63. The van der Waals surface area contributed by atoms with E-state index in [-0.39, 0.29) is 57.4 Å². The summed E-state index contributed by atoms with van der Waals surface area (Å²) in [6.07, 6.45) is 8.56. The van der Waals surface area contributed by atoms with E-state index >= 15 is 0 Å². The largest absolute Gasteiger partial charge is 0.478 e. The Bertz CT molecular complexity index is 1060. The van der Waals surface area contributed by atoms with Gasteiger partial charge in [0.2, 0.25) is 0 Å². The highest BCUT2D eigenvalue weighted by Gasteiger charge is 2.65. The van der Waals surface area contributed by atoms with Gasteiger partial charge in [-0.3, -0.25) is 4.79 Å². The van der Waals surface area contributed by atoms with E-state index < -0.39 is 5.97 Å².